The molecular weight excluding hydrogens is 407 g/mol. The lowest BCUT2D eigenvalue weighted by molar-refractivity contribution is 0.889. The van der Waals surface area contributed by atoms with Crippen molar-refractivity contribution in [3.05, 3.63) is 138 Å². The molecule has 0 atom stereocenters. The molecule has 0 unspecified atom stereocenters. The van der Waals surface area contributed by atoms with Crippen molar-refractivity contribution in [3.8, 4) is 0 Å². The summed E-state index contributed by atoms with van der Waals surface area (Å²) in [7, 11) is -2.04. The number of nitrogens with zero attached hydrogens (tertiary/aromatic N) is 1. The standard InChI is InChI=1S/C29H28N2P/c1-24(30-31-25(2)26-15-7-3-8-16-26)23-32(27-17-9-4-10-18-27,28-19-11-5-12-20-28)29-21-13-6-14-22-29/h3-23,30H,1-2H3/q+1/b24-23+,31-25+. The van der Waals surface area contributed by atoms with E-state index in [0.717, 1.165) is 17.0 Å². The summed E-state index contributed by atoms with van der Waals surface area (Å²) in [4.78, 5) is 0. The Labute approximate surface area is 191 Å². The molecule has 1 N–H and O–H groups in total. The van der Waals surface area contributed by atoms with Crippen molar-refractivity contribution in [2.24, 2.45) is 5.10 Å². The lowest BCUT2D eigenvalue weighted by atomic mass is 10.1. The summed E-state index contributed by atoms with van der Waals surface area (Å²) in [6.07, 6.45) is 0. The Morgan fingerprint density at radius 2 is 0.969 bits per heavy atom. The van der Waals surface area contributed by atoms with Gasteiger partial charge in [-0.05, 0) is 55.8 Å². The number of hydrogen-bond acceptors (Lipinski definition) is 2. The van der Waals surface area contributed by atoms with Gasteiger partial charge in [-0.15, -0.1) is 0 Å². The number of benzene rings is 4. The van der Waals surface area contributed by atoms with Crippen LogP contribution in [0, 0.1) is 0 Å². The van der Waals surface area contributed by atoms with Crippen LogP contribution in [-0.4, -0.2) is 5.71 Å². The molecule has 2 nitrogen and oxygen atoms in total. The highest BCUT2D eigenvalue weighted by atomic mass is 31.2. The van der Waals surface area contributed by atoms with Gasteiger partial charge in [0.15, 0.2) is 0 Å². The number of hydrazone groups is 1. The minimum Gasteiger partial charge on any atom is -0.279 e. The molecule has 4 aromatic rings. The highest BCUT2D eigenvalue weighted by molar-refractivity contribution is 7.98. The first-order valence-electron chi connectivity index (χ1n) is 10.8. The molecule has 0 aliphatic rings. The minimum atomic E-state index is -2.04. The van der Waals surface area contributed by atoms with Crippen LogP contribution >= 0.6 is 7.26 Å². The van der Waals surface area contributed by atoms with Crippen molar-refractivity contribution in [2.75, 3.05) is 0 Å². The summed E-state index contributed by atoms with van der Waals surface area (Å²) in [5.41, 5.74) is 6.43. The molecule has 3 heteroatoms. The summed E-state index contributed by atoms with van der Waals surface area (Å²) in [6, 6.07) is 42.7. The fourth-order valence-corrected chi connectivity index (χ4v) is 7.80. The quantitative estimate of drug-likeness (QED) is 0.220. The second kappa shape index (κ2) is 10.2. The monoisotopic (exact) mass is 435 g/mol. The lowest BCUT2D eigenvalue weighted by Gasteiger charge is -2.24. The van der Waals surface area contributed by atoms with Crippen molar-refractivity contribution in [1.29, 1.82) is 0 Å². The molecule has 0 fully saturated rings. The van der Waals surface area contributed by atoms with Crippen molar-refractivity contribution >= 4 is 28.9 Å². The topological polar surface area (TPSA) is 24.4 Å². The molecule has 158 valence electrons. The Morgan fingerprint density at radius 1 is 0.594 bits per heavy atom. The number of nitrogens with one attached hydrogen (secondary N) is 1. The largest absolute Gasteiger partial charge is 0.279 e. The third-order valence-corrected chi connectivity index (χ3v) is 9.58. The molecule has 0 amide bonds. The van der Waals surface area contributed by atoms with E-state index in [9.17, 15) is 0 Å². The van der Waals surface area contributed by atoms with Gasteiger partial charge in [0.1, 0.15) is 23.2 Å². The van der Waals surface area contributed by atoms with E-state index in [2.05, 4.69) is 126 Å². The van der Waals surface area contributed by atoms with Crippen molar-refractivity contribution in [2.45, 2.75) is 13.8 Å². The maximum atomic E-state index is 4.68. The summed E-state index contributed by atoms with van der Waals surface area (Å²) in [6.45, 7) is 4.13. The van der Waals surface area contributed by atoms with E-state index < -0.39 is 7.26 Å². The highest BCUT2D eigenvalue weighted by Crippen LogP contribution is 2.57. The molecule has 0 aliphatic carbocycles. The van der Waals surface area contributed by atoms with Gasteiger partial charge in [0.05, 0.1) is 17.2 Å². The smallest absolute Gasteiger partial charge is 0.138 e. The second-order valence-corrected chi connectivity index (χ2v) is 11.0. The van der Waals surface area contributed by atoms with Crippen molar-refractivity contribution in [3.63, 3.8) is 0 Å². The predicted octanol–water partition coefficient (Wildman–Crippen LogP) is 5.86. The van der Waals surface area contributed by atoms with Crippen LogP contribution in [-0.2, 0) is 0 Å². The number of allylic oxidation sites excluding steroid dienone is 1. The van der Waals surface area contributed by atoms with E-state index in [1.807, 2.05) is 25.1 Å². The van der Waals surface area contributed by atoms with Gasteiger partial charge in [0.25, 0.3) is 0 Å². The third kappa shape index (κ3) is 4.72. The van der Waals surface area contributed by atoms with Crippen LogP contribution < -0.4 is 21.3 Å². The Morgan fingerprint density at radius 3 is 1.38 bits per heavy atom. The fraction of sp³-hybridized carbons (Fsp3) is 0.0690. The van der Waals surface area contributed by atoms with Crippen LogP contribution in [0.5, 0.6) is 0 Å². The molecule has 0 aliphatic heterocycles. The zero-order valence-electron chi connectivity index (χ0n) is 18.5. The first-order chi connectivity index (χ1) is 15.7. The molecule has 0 aromatic heterocycles. The summed E-state index contributed by atoms with van der Waals surface area (Å²) >= 11 is 0. The Balaban J connectivity index is 1.84. The van der Waals surface area contributed by atoms with E-state index in [-0.39, 0.29) is 0 Å². The normalized spacial score (nSPS) is 12.4. The highest BCUT2D eigenvalue weighted by Gasteiger charge is 2.43. The van der Waals surface area contributed by atoms with Gasteiger partial charge in [-0.3, -0.25) is 5.43 Å². The molecule has 0 radical (unpaired) electrons. The van der Waals surface area contributed by atoms with E-state index >= 15 is 0 Å². The molecule has 0 bridgehead atoms. The maximum Gasteiger partial charge on any atom is 0.138 e. The first-order valence-corrected chi connectivity index (χ1v) is 12.7. The van der Waals surface area contributed by atoms with Crippen LogP contribution in [0.25, 0.3) is 0 Å². The minimum absolute atomic E-state index is 0.960. The van der Waals surface area contributed by atoms with Crippen molar-refractivity contribution < 1.29 is 0 Å². The fourth-order valence-electron chi connectivity index (χ4n) is 3.90. The summed E-state index contributed by atoms with van der Waals surface area (Å²) < 4.78 is 0. The van der Waals surface area contributed by atoms with Gasteiger partial charge in [0.2, 0.25) is 0 Å². The molecule has 4 aromatic carbocycles. The van der Waals surface area contributed by atoms with Gasteiger partial charge < -0.3 is 0 Å². The Kier molecular flexibility index (Phi) is 6.94. The first kappa shape index (κ1) is 21.7. The van der Waals surface area contributed by atoms with E-state index in [1.165, 1.54) is 15.9 Å². The van der Waals surface area contributed by atoms with Gasteiger partial charge in [-0.25, -0.2) is 0 Å². The molecule has 0 saturated carbocycles. The van der Waals surface area contributed by atoms with Crippen LogP contribution in [0.2, 0.25) is 0 Å². The van der Waals surface area contributed by atoms with Gasteiger partial charge in [-0.2, -0.15) is 5.10 Å². The summed E-state index contributed by atoms with van der Waals surface area (Å²) in [5.74, 6) is 2.40. The average Bonchev–Trinajstić information content (AvgIpc) is 2.88. The SMILES string of the molecule is C/C(=C\[P+](c1ccccc1)(c1ccccc1)c1ccccc1)N/N=C(\C)c1ccccc1. The van der Waals surface area contributed by atoms with Gasteiger partial charge >= 0.3 is 0 Å². The predicted molar refractivity (Wildman–Crippen MR) is 141 cm³/mol. The third-order valence-electron chi connectivity index (χ3n) is 5.47. The van der Waals surface area contributed by atoms with Crippen LogP contribution in [0.4, 0.5) is 0 Å². The van der Waals surface area contributed by atoms with E-state index in [1.54, 1.807) is 0 Å². The van der Waals surface area contributed by atoms with Crippen LogP contribution in [0.15, 0.2) is 138 Å². The molecule has 32 heavy (non-hydrogen) atoms. The Bertz CT molecular complexity index is 1090. The molecule has 4 rings (SSSR count). The van der Waals surface area contributed by atoms with Crippen molar-refractivity contribution in [1.82, 2.24) is 5.43 Å². The second-order valence-electron chi connectivity index (χ2n) is 7.72. The molecule has 0 spiro atoms. The zero-order chi connectivity index (χ0) is 22.2. The number of hydrogen-bond donors (Lipinski definition) is 1. The number of rotatable bonds is 7. The van der Waals surface area contributed by atoms with Crippen LogP contribution in [0.3, 0.4) is 0 Å². The van der Waals surface area contributed by atoms with E-state index in [4.69, 9.17) is 0 Å². The maximum absolute atomic E-state index is 4.68. The molecular formula is C29H28N2P+. The molecule has 0 heterocycles. The zero-order valence-corrected chi connectivity index (χ0v) is 19.4. The van der Waals surface area contributed by atoms with Gasteiger partial charge in [-0.1, -0.05) is 84.9 Å². The average molecular weight is 436 g/mol. The van der Waals surface area contributed by atoms with Crippen LogP contribution in [0.1, 0.15) is 19.4 Å². The Hall–Kier alpha value is -3.48. The molecule has 0 saturated heterocycles. The lowest BCUT2D eigenvalue weighted by Crippen LogP contribution is -2.30. The van der Waals surface area contributed by atoms with Gasteiger partial charge in [0, 0.05) is 0 Å². The summed E-state index contributed by atoms with van der Waals surface area (Å²) in [5, 5.41) is 8.64. The van der Waals surface area contributed by atoms with E-state index in [0.29, 0.717) is 0 Å².